The molecular formula is C14H22N2O. The predicted octanol–water partition coefficient (Wildman–Crippen LogP) is 1.23. The molecule has 1 fully saturated rings. The molecule has 1 unspecified atom stereocenters. The molecule has 1 saturated heterocycles. The summed E-state index contributed by atoms with van der Waals surface area (Å²) < 4.78 is 0. The third-order valence-corrected chi connectivity index (χ3v) is 3.30. The fourth-order valence-electron chi connectivity index (χ4n) is 2.48. The minimum Gasteiger partial charge on any atom is -0.395 e. The van der Waals surface area contributed by atoms with E-state index in [-0.39, 0.29) is 6.61 Å². The van der Waals surface area contributed by atoms with Crippen molar-refractivity contribution >= 4 is 0 Å². The Morgan fingerprint density at radius 2 is 2.12 bits per heavy atom. The Balaban J connectivity index is 1.81. The number of aliphatic hydroxyl groups excluding tert-OH is 1. The van der Waals surface area contributed by atoms with Crippen molar-refractivity contribution in [3.8, 4) is 0 Å². The summed E-state index contributed by atoms with van der Waals surface area (Å²) in [5, 5.41) is 12.2. The number of benzene rings is 1. The zero-order valence-corrected chi connectivity index (χ0v) is 10.3. The van der Waals surface area contributed by atoms with Crippen molar-refractivity contribution in [2.24, 2.45) is 0 Å². The molecule has 1 aromatic rings. The number of piperidine rings is 1. The van der Waals surface area contributed by atoms with E-state index in [0.717, 1.165) is 13.1 Å². The van der Waals surface area contributed by atoms with Crippen molar-refractivity contribution in [1.82, 2.24) is 10.2 Å². The number of rotatable bonds is 5. The molecule has 0 bridgehead atoms. The van der Waals surface area contributed by atoms with Gasteiger partial charge in [-0.3, -0.25) is 4.90 Å². The van der Waals surface area contributed by atoms with E-state index >= 15 is 0 Å². The van der Waals surface area contributed by atoms with Gasteiger partial charge in [-0.05, 0) is 24.9 Å². The molecule has 0 spiro atoms. The summed E-state index contributed by atoms with van der Waals surface area (Å²) in [5.74, 6) is 0. The Labute approximate surface area is 103 Å². The summed E-state index contributed by atoms with van der Waals surface area (Å²) in [6.07, 6.45) is 2.47. The lowest BCUT2D eigenvalue weighted by Crippen LogP contribution is -2.46. The standard InChI is InChI=1S/C14H22N2O/c17-10-8-15-14-7-4-9-16(12-14)11-13-5-2-1-3-6-13/h1-3,5-6,14-15,17H,4,7-12H2. The average molecular weight is 234 g/mol. The van der Waals surface area contributed by atoms with Gasteiger partial charge in [0.05, 0.1) is 6.61 Å². The molecule has 1 aliphatic heterocycles. The van der Waals surface area contributed by atoms with E-state index < -0.39 is 0 Å². The van der Waals surface area contributed by atoms with Gasteiger partial charge in [-0.25, -0.2) is 0 Å². The van der Waals surface area contributed by atoms with Crippen LogP contribution < -0.4 is 5.32 Å². The Morgan fingerprint density at radius 3 is 2.88 bits per heavy atom. The minimum atomic E-state index is 0.231. The molecular weight excluding hydrogens is 212 g/mol. The highest BCUT2D eigenvalue weighted by molar-refractivity contribution is 5.14. The van der Waals surface area contributed by atoms with Crippen LogP contribution in [0.1, 0.15) is 18.4 Å². The highest BCUT2D eigenvalue weighted by Gasteiger charge is 2.18. The molecule has 0 saturated carbocycles. The maximum Gasteiger partial charge on any atom is 0.0556 e. The topological polar surface area (TPSA) is 35.5 Å². The highest BCUT2D eigenvalue weighted by atomic mass is 16.3. The zero-order chi connectivity index (χ0) is 11.9. The van der Waals surface area contributed by atoms with Crippen LogP contribution in [0, 0.1) is 0 Å². The van der Waals surface area contributed by atoms with Gasteiger partial charge >= 0.3 is 0 Å². The van der Waals surface area contributed by atoms with E-state index in [1.54, 1.807) is 0 Å². The number of hydrogen-bond donors (Lipinski definition) is 2. The van der Waals surface area contributed by atoms with Crippen molar-refractivity contribution in [1.29, 1.82) is 0 Å². The third kappa shape index (κ3) is 4.11. The van der Waals surface area contributed by atoms with Gasteiger partial charge in [0.1, 0.15) is 0 Å². The maximum atomic E-state index is 8.82. The summed E-state index contributed by atoms with van der Waals surface area (Å²) in [5.41, 5.74) is 1.38. The summed E-state index contributed by atoms with van der Waals surface area (Å²) in [6.45, 7) is 4.26. The van der Waals surface area contributed by atoms with Crippen molar-refractivity contribution in [2.75, 3.05) is 26.2 Å². The van der Waals surface area contributed by atoms with Crippen molar-refractivity contribution in [2.45, 2.75) is 25.4 Å². The summed E-state index contributed by atoms with van der Waals surface area (Å²) >= 11 is 0. The Morgan fingerprint density at radius 1 is 1.29 bits per heavy atom. The van der Waals surface area contributed by atoms with E-state index in [2.05, 4.69) is 40.5 Å². The summed E-state index contributed by atoms with van der Waals surface area (Å²) in [4.78, 5) is 2.49. The van der Waals surface area contributed by atoms with Crippen LogP contribution in [-0.2, 0) is 6.54 Å². The fraction of sp³-hybridized carbons (Fsp3) is 0.571. The number of aliphatic hydroxyl groups is 1. The molecule has 0 radical (unpaired) electrons. The lowest BCUT2D eigenvalue weighted by atomic mass is 10.0. The van der Waals surface area contributed by atoms with Crippen LogP contribution in [0.3, 0.4) is 0 Å². The number of nitrogens with one attached hydrogen (secondary N) is 1. The molecule has 3 heteroatoms. The van der Waals surface area contributed by atoms with E-state index in [1.165, 1.54) is 24.9 Å². The maximum absolute atomic E-state index is 8.82. The number of likely N-dealkylation sites (tertiary alicyclic amines) is 1. The van der Waals surface area contributed by atoms with Gasteiger partial charge < -0.3 is 10.4 Å². The number of nitrogens with zero attached hydrogens (tertiary/aromatic N) is 1. The first-order valence-corrected chi connectivity index (χ1v) is 6.49. The molecule has 94 valence electrons. The van der Waals surface area contributed by atoms with E-state index in [1.807, 2.05) is 0 Å². The molecule has 0 aliphatic carbocycles. The van der Waals surface area contributed by atoms with Gasteiger partial charge in [-0.15, -0.1) is 0 Å². The van der Waals surface area contributed by atoms with Crippen LogP contribution in [0.4, 0.5) is 0 Å². The first kappa shape index (κ1) is 12.6. The normalized spacial score (nSPS) is 21.6. The molecule has 1 atom stereocenters. The molecule has 2 rings (SSSR count). The smallest absolute Gasteiger partial charge is 0.0556 e. The molecule has 17 heavy (non-hydrogen) atoms. The summed E-state index contributed by atoms with van der Waals surface area (Å²) in [7, 11) is 0. The molecule has 1 heterocycles. The van der Waals surface area contributed by atoms with Crippen LogP contribution in [0.2, 0.25) is 0 Å². The summed E-state index contributed by atoms with van der Waals surface area (Å²) in [6, 6.07) is 11.2. The van der Waals surface area contributed by atoms with Crippen molar-refractivity contribution in [3.63, 3.8) is 0 Å². The van der Waals surface area contributed by atoms with Crippen molar-refractivity contribution in [3.05, 3.63) is 35.9 Å². The van der Waals surface area contributed by atoms with Crippen LogP contribution in [-0.4, -0.2) is 42.3 Å². The molecule has 1 aliphatic rings. The monoisotopic (exact) mass is 234 g/mol. The van der Waals surface area contributed by atoms with Gasteiger partial charge in [0, 0.05) is 25.7 Å². The lowest BCUT2D eigenvalue weighted by molar-refractivity contribution is 0.177. The lowest BCUT2D eigenvalue weighted by Gasteiger charge is -2.33. The van der Waals surface area contributed by atoms with Crippen LogP contribution in [0.15, 0.2) is 30.3 Å². The molecule has 0 amide bonds. The van der Waals surface area contributed by atoms with Gasteiger partial charge in [0.15, 0.2) is 0 Å². The van der Waals surface area contributed by atoms with E-state index in [4.69, 9.17) is 5.11 Å². The van der Waals surface area contributed by atoms with E-state index in [0.29, 0.717) is 12.6 Å². The van der Waals surface area contributed by atoms with Gasteiger partial charge in [-0.1, -0.05) is 30.3 Å². The van der Waals surface area contributed by atoms with E-state index in [9.17, 15) is 0 Å². The second-order valence-electron chi connectivity index (χ2n) is 4.74. The molecule has 3 nitrogen and oxygen atoms in total. The molecule has 0 aromatic heterocycles. The predicted molar refractivity (Wildman–Crippen MR) is 69.8 cm³/mol. The second-order valence-corrected chi connectivity index (χ2v) is 4.74. The minimum absolute atomic E-state index is 0.231. The Hall–Kier alpha value is -0.900. The zero-order valence-electron chi connectivity index (χ0n) is 10.3. The Bertz CT molecular complexity index is 315. The third-order valence-electron chi connectivity index (χ3n) is 3.30. The fourth-order valence-corrected chi connectivity index (χ4v) is 2.48. The quantitative estimate of drug-likeness (QED) is 0.804. The average Bonchev–Trinajstić information content (AvgIpc) is 2.38. The van der Waals surface area contributed by atoms with Gasteiger partial charge in [0.25, 0.3) is 0 Å². The second kappa shape index (κ2) is 6.74. The molecule has 2 N–H and O–H groups in total. The van der Waals surface area contributed by atoms with Crippen LogP contribution in [0.25, 0.3) is 0 Å². The SMILES string of the molecule is OCCNC1CCCN(Cc2ccccc2)C1. The first-order valence-electron chi connectivity index (χ1n) is 6.49. The van der Waals surface area contributed by atoms with Gasteiger partial charge in [0.2, 0.25) is 0 Å². The first-order chi connectivity index (χ1) is 8.38. The van der Waals surface area contributed by atoms with Crippen LogP contribution in [0.5, 0.6) is 0 Å². The number of hydrogen-bond acceptors (Lipinski definition) is 3. The van der Waals surface area contributed by atoms with Crippen LogP contribution >= 0.6 is 0 Å². The van der Waals surface area contributed by atoms with Gasteiger partial charge in [-0.2, -0.15) is 0 Å². The highest BCUT2D eigenvalue weighted by Crippen LogP contribution is 2.13. The molecule has 1 aromatic carbocycles. The Kier molecular flexibility index (Phi) is 4.98. The van der Waals surface area contributed by atoms with Crippen molar-refractivity contribution < 1.29 is 5.11 Å². The largest absolute Gasteiger partial charge is 0.395 e.